The van der Waals surface area contributed by atoms with E-state index < -0.39 is 17.5 Å². The molecule has 1 aliphatic carbocycles. The number of rotatable bonds is 5. The average Bonchev–Trinajstić information content (AvgIpc) is 3.11. The Morgan fingerprint density at radius 2 is 2.26 bits per heavy atom. The molecule has 2 amide bonds. The summed E-state index contributed by atoms with van der Waals surface area (Å²) < 4.78 is 1.65. The Morgan fingerprint density at radius 3 is 2.74 bits per heavy atom. The van der Waals surface area contributed by atoms with Gasteiger partial charge in [0, 0.05) is 13.2 Å². The van der Waals surface area contributed by atoms with Crippen LogP contribution in [0.25, 0.3) is 0 Å². The van der Waals surface area contributed by atoms with E-state index in [4.69, 9.17) is 0 Å². The maximum atomic E-state index is 11.8. The molecule has 1 atom stereocenters. The van der Waals surface area contributed by atoms with Gasteiger partial charge in [0.1, 0.15) is 5.54 Å². The van der Waals surface area contributed by atoms with Crippen LogP contribution in [-0.4, -0.2) is 32.4 Å². The van der Waals surface area contributed by atoms with Gasteiger partial charge in [-0.05, 0) is 31.7 Å². The minimum absolute atomic E-state index is 0.0208. The van der Waals surface area contributed by atoms with Gasteiger partial charge in [-0.15, -0.1) is 0 Å². The number of aromatic nitrogens is 2. The number of carbonyl (C=O) groups excluding carboxylic acids is 1. The Kier molecular flexibility index (Phi) is 3.46. The predicted octanol–water partition coefficient (Wildman–Crippen LogP) is 0.473. The van der Waals surface area contributed by atoms with E-state index in [0.29, 0.717) is 6.54 Å². The minimum atomic E-state index is -1.18. The molecule has 2 rings (SSSR count). The smallest absolute Gasteiger partial charge is 0.329 e. The van der Waals surface area contributed by atoms with Crippen LogP contribution in [0.3, 0.4) is 0 Å². The summed E-state index contributed by atoms with van der Waals surface area (Å²) in [6.45, 7) is 1.86. The lowest BCUT2D eigenvalue weighted by Gasteiger charge is -2.26. The van der Waals surface area contributed by atoms with Crippen LogP contribution in [0.5, 0.6) is 0 Å². The third kappa shape index (κ3) is 2.86. The van der Waals surface area contributed by atoms with E-state index in [0.717, 1.165) is 18.5 Å². The van der Waals surface area contributed by atoms with Crippen molar-refractivity contribution in [2.24, 2.45) is 13.0 Å². The zero-order chi connectivity index (χ0) is 14.0. The number of hydrogen-bond donors (Lipinski definition) is 3. The number of carboxylic acid groups (broad SMARTS) is 1. The van der Waals surface area contributed by atoms with Crippen LogP contribution in [0, 0.1) is 5.92 Å². The molecule has 0 aliphatic heterocycles. The first-order valence-corrected chi connectivity index (χ1v) is 6.20. The number of carboxylic acids is 1. The number of carbonyl (C=O) groups is 2. The van der Waals surface area contributed by atoms with Gasteiger partial charge in [0.2, 0.25) is 0 Å². The van der Waals surface area contributed by atoms with Gasteiger partial charge in [-0.3, -0.25) is 4.68 Å². The van der Waals surface area contributed by atoms with Crippen LogP contribution >= 0.6 is 0 Å². The molecule has 7 heteroatoms. The lowest BCUT2D eigenvalue weighted by atomic mass is 9.96. The highest BCUT2D eigenvalue weighted by atomic mass is 16.4. The van der Waals surface area contributed by atoms with Crippen molar-refractivity contribution in [1.29, 1.82) is 0 Å². The summed E-state index contributed by atoms with van der Waals surface area (Å²) in [7, 11) is 1.78. The van der Waals surface area contributed by atoms with Crippen LogP contribution in [0.2, 0.25) is 0 Å². The highest BCUT2D eigenvalue weighted by Gasteiger charge is 2.48. The van der Waals surface area contributed by atoms with Gasteiger partial charge in [-0.25, -0.2) is 9.59 Å². The average molecular weight is 266 g/mol. The molecule has 19 heavy (non-hydrogen) atoms. The van der Waals surface area contributed by atoms with Crippen molar-refractivity contribution in [1.82, 2.24) is 20.4 Å². The van der Waals surface area contributed by atoms with Crippen LogP contribution in [0.4, 0.5) is 4.79 Å². The fraction of sp³-hybridized carbons (Fsp3) is 0.583. The van der Waals surface area contributed by atoms with E-state index in [2.05, 4.69) is 15.7 Å². The molecule has 1 aromatic heterocycles. The van der Waals surface area contributed by atoms with Crippen molar-refractivity contribution in [3.8, 4) is 0 Å². The highest BCUT2D eigenvalue weighted by Crippen LogP contribution is 2.39. The number of urea groups is 1. The molecule has 0 radical (unpaired) electrons. The van der Waals surface area contributed by atoms with Crippen molar-refractivity contribution in [2.45, 2.75) is 31.8 Å². The highest BCUT2D eigenvalue weighted by molar-refractivity contribution is 5.86. The van der Waals surface area contributed by atoms with E-state index in [1.165, 1.54) is 0 Å². The zero-order valence-corrected chi connectivity index (χ0v) is 11.0. The van der Waals surface area contributed by atoms with Crippen molar-refractivity contribution in [3.05, 3.63) is 18.0 Å². The van der Waals surface area contributed by atoms with Gasteiger partial charge >= 0.3 is 12.0 Å². The Bertz CT molecular complexity index is 495. The quantitative estimate of drug-likeness (QED) is 0.722. The number of hydrogen-bond acceptors (Lipinski definition) is 3. The first kappa shape index (κ1) is 13.4. The fourth-order valence-electron chi connectivity index (χ4n) is 2.02. The Balaban J connectivity index is 1.90. The van der Waals surface area contributed by atoms with Gasteiger partial charge in [0.05, 0.1) is 12.2 Å². The molecule has 104 valence electrons. The second-order valence-electron chi connectivity index (χ2n) is 5.04. The molecule has 1 aromatic rings. The van der Waals surface area contributed by atoms with Crippen LogP contribution in [0.15, 0.2) is 12.3 Å². The molecule has 1 fully saturated rings. The molecule has 7 nitrogen and oxygen atoms in total. The van der Waals surface area contributed by atoms with Crippen LogP contribution < -0.4 is 10.6 Å². The molecular formula is C12H18N4O3. The topological polar surface area (TPSA) is 96.3 Å². The third-order valence-electron chi connectivity index (χ3n) is 3.56. The van der Waals surface area contributed by atoms with Crippen molar-refractivity contribution >= 4 is 12.0 Å². The second-order valence-corrected chi connectivity index (χ2v) is 5.04. The molecule has 3 N–H and O–H groups in total. The van der Waals surface area contributed by atoms with E-state index >= 15 is 0 Å². The molecule has 1 unspecified atom stereocenters. The van der Waals surface area contributed by atoms with Gasteiger partial charge in [0.15, 0.2) is 0 Å². The third-order valence-corrected chi connectivity index (χ3v) is 3.56. The van der Waals surface area contributed by atoms with E-state index in [1.807, 2.05) is 0 Å². The molecular weight excluding hydrogens is 248 g/mol. The molecule has 0 aromatic carbocycles. The number of nitrogens with zero attached hydrogens (tertiary/aromatic N) is 2. The number of amides is 2. The van der Waals surface area contributed by atoms with Gasteiger partial charge in [-0.2, -0.15) is 5.10 Å². The summed E-state index contributed by atoms with van der Waals surface area (Å²) in [5.41, 5.74) is -0.338. The fourth-order valence-corrected chi connectivity index (χ4v) is 2.02. The standard InChI is InChI=1S/C12H18N4O3/c1-12(10(17)18,8-3-4-8)15-11(19)13-7-9-5-6-14-16(9)2/h5-6,8H,3-4,7H2,1-2H3,(H,17,18)(H2,13,15,19). The normalized spacial score (nSPS) is 17.6. The van der Waals surface area contributed by atoms with E-state index in [-0.39, 0.29) is 5.92 Å². The van der Waals surface area contributed by atoms with Crippen molar-refractivity contribution in [3.63, 3.8) is 0 Å². The molecule has 1 aliphatic rings. The monoisotopic (exact) mass is 266 g/mol. The summed E-state index contributed by atoms with van der Waals surface area (Å²) in [4.78, 5) is 23.1. The Labute approximate surface area is 111 Å². The van der Waals surface area contributed by atoms with E-state index in [9.17, 15) is 14.7 Å². The molecule has 1 saturated carbocycles. The number of nitrogens with one attached hydrogen (secondary N) is 2. The summed E-state index contributed by atoms with van der Waals surface area (Å²) in [5, 5.41) is 18.4. The molecule has 0 spiro atoms. The van der Waals surface area contributed by atoms with Crippen molar-refractivity contribution in [2.75, 3.05) is 0 Å². The lowest BCUT2D eigenvalue weighted by molar-refractivity contribution is -0.144. The zero-order valence-electron chi connectivity index (χ0n) is 11.0. The summed E-state index contributed by atoms with van der Waals surface area (Å²) in [6.07, 6.45) is 3.32. The first-order chi connectivity index (χ1) is 8.93. The Morgan fingerprint density at radius 1 is 1.58 bits per heavy atom. The van der Waals surface area contributed by atoms with Crippen LogP contribution in [0.1, 0.15) is 25.5 Å². The number of aryl methyl sites for hydroxylation is 1. The molecule has 1 heterocycles. The SMILES string of the molecule is Cn1nccc1CNC(=O)NC(C)(C(=O)O)C1CC1. The largest absolute Gasteiger partial charge is 0.480 e. The summed E-state index contributed by atoms with van der Waals surface area (Å²) in [5.74, 6) is -0.974. The summed E-state index contributed by atoms with van der Waals surface area (Å²) in [6, 6.07) is 1.32. The second kappa shape index (κ2) is 4.91. The van der Waals surface area contributed by atoms with Gasteiger partial charge in [0.25, 0.3) is 0 Å². The molecule has 0 bridgehead atoms. The Hall–Kier alpha value is -2.05. The number of aliphatic carboxylic acids is 1. The van der Waals surface area contributed by atoms with Gasteiger partial charge in [-0.1, -0.05) is 0 Å². The maximum Gasteiger partial charge on any atom is 0.329 e. The maximum absolute atomic E-state index is 11.8. The predicted molar refractivity (Wildman–Crippen MR) is 67.3 cm³/mol. The van der Waals surface area contributed by atoms with Gasteiger partial charge < -0.3 is 15.7 Å². The summed E-state index contributed by atoms with van der Waals surface area (Å²) >= 11 is 0. The first-order valence-electron chi connectivity index (χ1n) is 6.20. The molecule has 0 saturated heterocycles. The van der Waals surface area contributed by atoms with E-state index in [1.54, 1.807) is 30.9 Å². The lowest BCUT2D eigenvalue weighted by Crippen LogP contribution is -2.56. The van der Waals surface area contributed by atoms with Crippen molar-refractivity contribution < 1.29 is 14.7 Å². The minimum Gasteiger partial charge on any atom is -0.480 e. The van der Waals surface area contributed by atoms with Crippen LogP contribution in [-0.2, 0) is 18.4 Å².